The van der Waals surface area contributed by atoms with E-state index in [0.717, 1.165) is 28.0 Å². The summed E-state index contributed by atoms with van der Waals surface area (Å²) in [6.07, 6.45) is 2.47. The number of phenols is 1. The number of phenolic OH excluding ortho intramolecular Hbond substituents is 1. The Kier molecular flexibility index (Phi) is 3.26. The van der Waals surface area contributed by atoms with E-state index in [0.29, 0.717) is 12.2 Å². The minimum Gasteiger partial charge on any atom is -0.507 e. The molecule has 0 unspecified atom stereocenters. The third-order valence-electron chi connectivity index (χ3n) is 3.96. The molecule has 3 heteroatoms. The summed E-state index contributed by atoms with van der Waals surface area (Å²) in [7, 11) is 4.05. The molecule has 2 aromatic carbocycles. The van der Waals surface area contributed by atoms with Crippen LogP contribution in [0, 0.1) is 0 Å². The second kappa shape index (κ2) is 5.09. The van der Waals surface area contributed by atoms with Crippen molar-refractivity contribution in [2.45, 2.75) is 6.42 Å². The summed E-state index contributed by atoms with van der Waals surface area (Å²) in [5.74, 6) is 1.32. The van der Waals surface area contributed by atoms with Crippen LogP contribution in [0.5, 0.6) is 5.75 Å². The van der Waals surface area contributed by atoms with Crippen LogP contribution < -0.4 is 4.57 Å². The lowest BCUT2D eigenvalue weighted by Crippen LogP contribution is -2.30. The molecule has 0 saturated carbocycles. The smallest absolute Gasteiger partial charge is 0.293 e. The van der Waals surface area contributed by atoms with Gasteiger partial charge in [-0.1, -0.05) is 30.3 Å². The van der Waals surface area contributed by atoms with Crippen molar-refractivity contribution < 1.29 is 9.67 Å². The highest BCUT2D eigenvalue weighted by atomic mass is 16.3. The number of imidazole rings is 1. The van der Waals surface area contributed by atoms with Gasteiger partial charge in [-0.2, -0.15) is 0 Å². The van der Waals surface area contributed by atoms with Crippen molar-refractivity contribution in [2.24, 2.45) is 14.1 Å². The number of allylic oxidation sites excluding steroid dienone is 1. The fourth-order valence-corrected chi connectivity index (χ4v) is 2.94. The molecule has 0 radical (unpaired) electrons. The highest BCUT2D eigenvalue weighted by Crippen LogP contribution is 2.32. The van der Waals surface area contributed by atoms with Crippen LogP contribution >= 0.6 is 0 Å². The summed E-state index contributed by atoms with van der Waals surface area (Å²) in [5.41, 5.74) is 4.02. The van der Waals surface area contributed by atoms with Gasteiger partial charge in [0.1, 0.15) is 11.3 Å². The fourth-order valence-electron chi connectivity index (χ4n) is 2.94. The number of hydrogen-bond donors (Lipinski definition) is 1. The van der Waals surface area contributed by atoms with Gasteiger partial charge in [0.05, 0.1) is 14.1 Å². The average Bonchev–Trinajstić information content (AvgIpc) is 2.75. The number of aromatic hydroxyl groups is 1. The monoisotopic (exact) mass is 279 g/mol. The molecule has 3 rings (SSSR count). The van der Waals surface area contributed by atoms with Crippen LogP contribution in [-0.4, -0.2) is 9.67 Å². The van der Waals surface area contributed by atoms with Gasteiger partial charge >= 0.3 is 0 Å². The second-order valence-electron chi connectivity index (χ2n) is 5.24. The van der Waals surface area contributed by atoms with Crippen molar-refractivity contribution >= 4 is 11.0 Å². The Labute approximate surface area is 124 Å². The molecule has 0 saturated heterocycles. The van der Waals surface area contributed by atoms with E-state index in [1.54, 1.807) is 6.08 Å². The van der Waals surface area contributed by atoms with Gasteiger partial charge < -0.3 is 5.11 Å². The highest BCUT2D eigenvalue weighted by Gasteiger charge is 2.24. The van der Waals surface area contributed by atoms with Crippen LogP contribution in [0.4, 0.5) is 0 Å². The zero-order valence-corrected chi connectivity index (χ0v) is 12.4. The van der Waals surface area contributed by atoms with Crippen LogP contribution in [0.2, 0.25) is 0 Å². The van der Waals surface area contributed by atoms with E-state index in [-0.39, 0.29) is 0 Å². The topological polar surface area (TPSA) is 29.0 Å². The Morgan fingerprint density at radius 2 is 1.95 bits per heavy atom. The first-order valence-electron chi connectivity index (χ1n) is 7.00. The molecule has 0 bridgehead atoms. The van der Waals surface area contributed by atoms with E-state index >= 15 is 0 Å². The summed E-state index contributed by atoms with van der Waals surface area (Å²) in [6, 6.07) is 14.1. The minimum absolute atomic E-state index is 0.332. The van der Waals surface area contributed by atoms with Gasteiger partial charge in [-0.25, -0.2) is 9.13 Å². The van der Waals surface area contributed by atoms with Gasteiger partial charge in [0.2, 0.25) is 0 Å². The highest BCUT2D eigenvalue weighted by molar-refractivity contribution is 5.77. The number of nitrogens with zero attached hydrogens (tertiary/aromatic N) is 2. The minimum atomic E-state index is 0.332. The standard InChI is InChI=1S/C18H18N2O/c1-4-8-13-9-7-10-14(17(13)21)18-19(2)15-11-5-6-12-16(15)20(18)3/h4-7,9-12H,1,8H2,2-3H3/p+1. The molecule has 0 aliphatic rings. The predicted molar refractivity (Wildman–Crippen MR) is 85.1 cm³/mol. The number of aryl methyl sites for hydroxylation is 2. The van der Waals surface area contributed by atoms with Gasteiger partial charge in [0.15, 0.2) is 11.0 Å². The van der Waals surface area contributed by atoms with Crippen molar-refractivity contribution in [2.75, 3.05) is 0 Å². The van der Waals surface area contributed by atoms with E-state index in [1.165, 1.54) is 0 Å². The normalized spacial score (nSPS) is 11.0. The summed E-state index contributed by atoms with van der Waals surface area (Å²) in [6.45, 7) is 3.75. The van der Waals surface area contributed by atoms with Crippen molar-refractivity contribution in [3.63, 3.8) is 0 Å². The van der Waals surface area contributed by atoms with E-state index in [9.17, 15) is 5.11 Å². The molecule has 0 atom stereocenters. The maximum atomic E-state index is 10.6. The van der Waals surface area contributed by atoms with E-state index in [2.05, 4.69) is 27.8 Å². The lowest BCUT2D eigenvalue weighted by molar-refractivity contribution is -0.634. The van der Waals surface area contributed by atoms with Gasteiger partial charge in [-0.05, 0) is 30.2 Å². The van der Waals surface area contributed by atoms with Crippen LogP contribution in [0.25, 0.3) is 22.4 Å². The molecule has 3 nitrogen and oxygen atoms in total. The van der Waals surface area contributed by atoms with Crippen LogP contribution in [0.3, 0.4) is 0 Å². The molecule has 0 amide bonds. The third-order valence-corrected chi connectivity index (χ3v) is 3.96. The van der Waals surface area contributed by atoms with Gasteiger partial charge in [-0.15, -0.1) is 6.58 Å². The molecule has 21 heavy (non-hydrogen) atoms. The van der Waals surface area contributed by atoms with Crippen molar-refractivity contribution in [3.05, 3.63) is 60.7 Å². The Morgan fingerprint density at radius 1 is 1.19 bits per heavy atom. The molecule has 3 aromatic rings. The van der Waals surface area contributed by atoms with E-state index in [4.69, 9.17) is 0 Å². The molecule has 106 valence electrons. The number of para-hydroxylation sites is 3. The van der Waals surface area contributed by atoms with Crippen LogP contribution in [-0.2, 0) is 20.5 Å². The van der Waals surface area contributed by atoms with E-state index in [1.807, 2.05) is 44.4 Å². The van der Waals surface area contributed by atoms with Gasteiger partial charge in [-0.3, -0.25) is 0 Å². The quantitative estimate of drug-likeness (QED) is 0.579. The summed E-state index contributed by atoms with van der Waals surface area (Å²) >= 11 is 0. The van der Waals surface area contributed by atoms with Gasteiger partial charge in [0.25, 0.3) is 5.82 Å². The fraction of sp³-hybridized carbons (Fsp3) is 0.167. The first-order chi connectivity index (χ1) is 10.1. The van der Waals surface area contributed by atoms with Crippen LogP contribution in [0.1, 0.15) is 5.56 Å². The molecule has 0 aliphatic carbocycles. The zero-order chi connectivity index (χ0) is 15.0. The number of rotatable bonds is 3. The van der Waals surface area contributed by atoms with Crippen molar-refractivity contribution in [1.29, 1.82) is 0 Å². The number of hydrogen-bond acceptors (Lipinski definition) is 1. The largest absolute Gasteiger partial charge is 0.507 e. The SMILES string of the molecule is C=CCc1cccc(-c2n(C)c3ccccc3[n+]2C)c1O. The first kappa shape index (κ1) is 13.4. The molecule has 1 N–H and O–H groups in total. The molecule has 0 spiro atoms. The number of fused-ring (bicyclic) bond motifs is 1. The summed E-state index contributed by atoms with van der Waals surface area (Å²) < 4.78 is 4.23. The molecule has 0 aliphatic heterocycles. The summed E-state index contributed by atoms with van der Waals surface area (Å²) in [5, 5.41) is 10.6. The first-order valence-corrected chi connectivity index (χ1v) is 7.00. The lowest BCUT2D eigenvalue weighted by Gasteiger charge is -2.06. The Balaban J connectivity index is 2.31. The molecule has 1 heterocycles. The molecule has 1 aromatic heterocycles. The zero-order valence-electron chi connectivity index (χ0n) is 12.4. The summed E-state index contributed by atoms with van der Waals surface area (Å²) in [4.78, 5) is 0. The maximum absolute atomic E-state index is 10.6. The van der Waals surface area contributed by atoms with E-state index < -0.39 is 0 Å². The van der Waals surface area contributed by atoms with Crippen LogP contribution in [0.15, 0.2) is 55.1 Å². The Bertz CT molecular complexity index is 792. The number of benzene rings is 2. The van der Waals surface area contributed by atoms with Crippen molar-refractivity contribution in [3.8, 4) is 17.1 Å². The maximum Gasteiger partial charge on any atom is 0.293 e. The predicted octanol–water partition coefficient (Wildman–Crippen LogP) is 3.10. The van der Waals surface area contributed by atoms with Crippen molar-refractivity contribution in [1.82, 2.24) is 4.57 Å². The lowest BCUT2D eigenvalue weighted by atomic mass is 10.1. The second-order valence-corrected chi connectivity index (χ2v) is 5.24. The third kappa shape index (κ3) is 2.02. The molecular formula is C18H19N2O+. The molecule has 0 fully saturated rings. The number of aromatic nitrogens is 2. The average molecular weight is 279 g/mol. The Morgan fingerprint density at radius 3 is 2.67 bits per heavy atom. The molecular weight excluding hydrogens is 260 g/mol. The Hall–Kier alpha value is -2.55. The van der Waals surface area contributed by atoms with Gasteiger partial charge in [0, 0.05) is 0 Å².